The van der Waals surface area contributed by atoms with E-state index in [-0.39, 0.29) is 5.56 Å². The van der Waals surface area contributed by atoms with E-state index in [1.165, 1.54) is 0 Å². The molecule has 0 aliphatic heterocycles. The van der Waals surface area contributed by atoms with Gasteiger partial charge in [0.05, 0.1) is 16.8 Å². The van der Waals surface area contributed by atoms with Crippen LogP contribution in [0.15, 0.2) is 42.5 Å². The van der Waals surface area contributed by atoms with Gasteiger partial charge in [0.15, 0.2) is 0 Å². The number of carboxylic acids is 1. The zero-order valence-corrected chi connectivity index (χ0v) is 9.92. The molecule has 0 fully saturated rings. The van der Waals surface area contributed by atoms with Crippen LogP contribution in [0.1, 0.15) is 10.4 Å². The fourth-order valence-electron chi connectivity index (χ4n) is 2.06. The van der Waals surface area contributed by atoms with Crippen LogP contribution in [0.25, 0.3) is 22.4 Å². The number of anilines is 1. The molecule has 3 rings (SSSR count). The van der Waals surface area contributed by atoms with E-state index < -0.39 is 5.97 Å². The van der Waals surface area contributed by atoms with Crippen LogP contribution < -0.4 is 5.73 Å². The summed E-state index contributed by atoms with van der Waals surface area (Å²) in [5.74, 6) is -0.477. The summed E-state index contributed by atoms with van der Waals surface area (Å²) in [5.41, 5.74) is 8.60. The minimum absolute atomic E-state index is 0.208. The Hall–Kier alpha value is -2.82. The van der Waals surface area contributed by atoms with Gasteiger partial charge in [0.25, 0.3) is 0 Å². The van der Waals surface area contributed by atoms with Crippen molar-refractivity contribution < 1.29 is 9.90 Å². The maximum Gasteiger partial charge on any atom is 0.336 e. The van der Waals surface area contributed by atoms with Crippen molar-refractivity contribution in [2.24, 2.45) is 0 Å². The second-order valence-electron chi connectivity index (χ2n) is 4.18. The number of carbonyl (C=O) groups is 1. The van der Waals surface area contributed by atoms with Crippen molar-refractivity contribution in [2.45, 2.75) is 0 Å². The molecule has 0 aliphatic carbocycles. The Balaban J connectivity index is 2.25. The number of imidazole rings is 1. The van der Waals surface area contributed by atoms with Crippen molar-refractivity contribution in [1.29, 1.82) is 0 Å². The average Bonchev–Trinajstić information content (AvgIpc) is 2.84. The molecule has 0 unspecified atom stereocenters. The van der Waals surface area contributed by atoms with Crippen LogP contribution in [0.4, 0.5) is 5.69 Å². The third-order valence-corrected chi connectivity index (χ3v) is 2.96. The van der Waals surface area contributed by atoms with Gasteiger partial charge in [-0.3, -0.25) is 0 Å². The van der Waals surface area contributed by atoms with Crippen LogP contribution >= 0.6 is 0 Å². The highest BCUT2D eigenvalue weighted by Crippen LogP contribution is 2.26. The van der Waals surface area contributed by atoms with Gasteiger partial charge in [0.1, 0.15) is 11.3 Å². The van der Waals surface area contributed by atoms with Crippen LogP contribution in [0, 0.1) is 0 Å². The summed E-state index contributed by atoms with van der Waals surface area (Å²) < 4.78 is 0. The van der Waals surface area contributed by atoms with E-state index in [0.717, 1.165) is 5.52 Å². The Morgan fingerprint density at radius 3 is 2.68 bits per heavy atom. The number of para-hydroxylation sites is 1. The molecule has 1 heterocycles. The molecule has 19 heavy (non-hydrogen) atoms. The number of rotatable bonds is 2. The maximum absolute atomic E-state index is 11.2. The lowest BCUT2D eigenvalue weighted by Gasteiger charge is -2.01. The van der Waals surface area contributed by atoms with Gasteiger partial charge >= 0.3 is 5.97 Å². The molecule has 1 aromatic heterocycles. The number of H-pyrrole nitrogens is 1. The van der Waals surface area contributed by atoms with Crippen LogP contribution in [0.3, 0.4) is 0 Å². The molecule has 5 heteroatoms. The Bertz CT molecular complexity index is 777. The number of carboxylic acid groups (broad SMARTS) is 1. The second-order valence-corrected chi connectivity index (χ2v) is 4.18. The standard InChI is InChI=1S/C14H11N3O2/c15-10-6-3-7-11-12(10)17-13(16-11)8-4-1-2-5-9(8)14(18)19/h1-7H,15H2,(H,16,17)(H,18,19). The molecule has 2 aromatic carbocycles. The van der Waals surface area contributed by atoms with Crippen molar-refractivity contribution in [3.05, 3.63) is 48.0 Å². The van der Waals surface area contributed by atoms with Gasteiger partial charge in [-0.2, -0.15) is 0 Å². The van der Waals surface area contributed by atoms with Crippen LogP contribution in [-0.4, -0.2) is 21.0 Å². The largest absolute Gasteiger partial charge is 0.478 e. The van der Waals surface area contributed by atoms with Crippen LogP contribution in [-0.2, 0) is 0 Å². The molecule has 0 atom stereocenters. The highest BCUT2D eigenvalue weighted by Gasteiger charge is 2.14. The lowest BCUT2D eigenvalue weighted by molar-refractivity contribution is 0.0697. The van der Waals surface area contributed by atoms with Crippen LogP contribution in [0.5, 0.6) is 0 Å². The first-order valence-electron chi connectivity index (χ1n) is 5.73. The lowest BCUT2D eigenvalue weighted by Crippen LogP contribution is -1.99. The first-order chi connectivity index (χ1) is 9.16. The zero-order valence-electron chi connectivity index (χ0n) is 9.92. The monoisotopic (exact) mass is 253 g/mol. The first kappa shape index (κ1) is 11.3. The smallest absolute Gasteiger partial charge is 0.336 e. The third kappa shape index (κ3) is 1.81. The van der Waals surface area contributed by atoms with Gasteiger partial charge in [-0.1, -0.05) is 24.3 Å². The average molecular weight is 253 g/mol. The van der Waals surface area contributed by atoms with Crippen LogP contribution in [0.2, 0.25) is 0 Å². The van der Waals surface area contributed by atoms with Gasteiger partial charge in [-0.05, 0) is 18.2 Å². The summed E-state index contributed by atoms with van der Waals surface area (Å²) in [6.07, 6.45) is 0. The normalized spacial score (nSPS) is 10.7. The number of aromatic nitrogens is 2. The predicted molar refractivity (Wildman–Crippen MR) is 72.9 cm³/mol. The Labute approximate surface area is 108 Å². The van der Waals surface area contributed by atoms with E-state index in [2.05, 4.69) is 9.97 Å². The molecular weight excluding hydrogens is 242 g/mol. The quantitative estimate of drug-likeness (QED) is 0.612. The summed E-state index contributed by atoms with van der Waals surface area (Å²) in [6, 6.07) is 12.2. The lowest BCUT2D eigenvalue weighted by atomic mass is 10.1. The third-order valence-electron chi connectivity index (χ3n) is 2.96. The van der Waals surface area contributed by atoms with Crippen molar-refractivity contribution in [3.8, 4) is 11.4 Å². The molecular formula is C14H11N3O2. The zero-order chi connectivity index (χ0) is 13.4. The number of aromatic carboxylic acids is 1. The number of nitrogen functional groups attached to an aromatic ring is 1. The summed E-state index contributed by atoms with van der Waals surface area (Å²) in [7, 11) is 0. The number of hydrogen-bond donors (Lipinski definition) is 3. The Morgan fingerprint density at radius 1 is 1.16 bits per heavy atom. The molecule has 3 aromatic rings. The van der Waals surface area contributed by atoms with E-state index in [1.807, 2.05) is 12.1 Å². The molecule has 0 spiro atoms. The number of fused-ring (bicyclic) bond motifs is 1. The molecule has 0 saturated heterocycles. The van der Waals surface area contributed by atoms with Gasteiger partial charge in [-0.15, -0.1) is 0 Å². The molecule has 5 nitrogen and oxygen atoms in total. The SMILES string of the molecule is Nc1cccc2[nH]c(-c3ccccc3C(=O)O)nc12. The van der Waals surface area contributed by atoms with Crippen molar-refractivity contribution >= 4 is 22.7 Å². The molecule has 0 aliphatic rings. The molecule has 0 bridgehead atoms. The minimum atomic E-state index is -0.982. The minimum Gasteiger partial charge on any atom is -0.478 e. The summed E-state index contributed by atoms with van der Waals surface area (Å²) in [6.45, 7) is 0. The number of nitrogens with zero attached hydrogens (tertiary/aromatic N) is 1. The van der Waals surface area contributed by atoms with Crippen molar-refractivity contribution in [1.82, 2.24) is 9.97 Å². The van der Waals surface area contributed by atoms with Gasteiger partial charge in [0.2, 0.25) is 0 Å². The topological polar surface area (TPSA) is 92.0 Å². The Morgan fingerprint density at radius 2 is 1.95 bits per heavy atom. The Kier molecular flexibility index (Phi) is 2.45. The second kappa shape index (κ2) is 4.13. The van der Waals surface area contributed by atoms with E-state index in [0.29, 0.717) is 22.6 Å². The van der Waals surface area contributed by atoms with Gasteiger partial charge in [0, 0.05) is 5.56 Å². The van der Waals surface area contributed by atoms with E-state index >= 15 is 0 Å². The van der Waals surface area contributed by atoms with E-state index in [4.69, 9.17) is 5.73 Å². The molecule has 0 amide bonds. The summed E-state index contributed by atoms with van der Waals surface area (Å²) in [5, 5.41) is 9.19. The number of benzene rings is 2. The fourth-order valence-corrected chi connectivity index (χ4v) is 2.06. The van der Waals surface area contributed by atoms with E-state index in [1.54, 1.807) is 30.3 Å². The molecule has 0 radical (unpaired) electrons. The van der Waals surface area contributed by atoms with E-state index in [9.17, 15) is 9.90 Å². The first-order valence-corrected chi connectivity index (χ1v) is 5.73. The van der Waals surface area contributed by atoms with Crippen molar-refractivity contribution in [2.75, 3.05) is 5.73 Å². The van der Waals surface area contributed by atoms with Crippen molar-refractivity contribution in [3.63, 3.8) is 0 Å². The number of nitrogens with two attached hydrogens (primary N) is 1. The molecule has 4 N–H and O–H groups in total. The highest BCUT2D eigenvalue weighted by atomic mass is 16.4. The van der Waals surface area contributed by atoms with Gasteiger partial charge < -0.3 is 15.8 Å². The number of hydrogen-bond acceptors (Lipinski definition) is 3. The predicted octanol–water partition coefficient (Wildman–Crippen LogP) is 2.51. The maximum atomic E-state index is 11.2. The fraction of sp³-hybridized carbons (Fsp3) is 0. The molecule has 0 saturated carbocycles. The molecule has 94 valence electrons. The number of aromatic amines is 1. The van der Waals surface area contributed by atoms with Gasteiger partial charge in [-0.25, -0.2) is 9.78 Å². The number of nitrogens with one attached hydrogen (secondary N) is 1. The highest BCUT2D eigenvalue weighted by molar-refractivity contribution is 5.97. The summed E-state index contributed by atoms with van der Waals surface area (Å²) >= 11 is 0. The summed E-state index contributed by atoms with van der Waals surface area (Å²) in [4.78, 5) is 18.7.